The third kappa shape index (κ3) is 6.58. The molecule has 3 amide bonds. The number of imide groups is 1. The van der Waals surface area contributed by atoms with Gasteiger partial charge < -0.3 is 16.0 Å². The summed E-state index contributed by atoms with van der Waals surface area (Å²) < 4.78 is 0. The Morgan fingerprint density at radius 2 is 1.83 bits per heavy atom. The minimum Gasteiger partial charge on any atom is -0.357 e. The number of nitrogens with one attached hydrogen (secondary N) is 3. The van der Waals surface area contributed by atoms with E-state index >= 15 is 0 Å². The van der Waals surface area contributed by atoms with Crippen LogP contribution in [0.25, 0.3) is 0 Å². The number of carbonyl (C=O) groups is 2. The van der Waals surface area contributed by atoms with Crippen molar-refractivity contribution in [3.8, 4) is 0 Å². The van der Waals surface area contributed by atoms with Crippen molar-refractivity contribution in [1.82, 2.24) is 20.9 Å². The van der Waals surface area contributed by atoms with Crippen molar-refractivity contribution in [2.75, 3.05) is 26.2 Å². The van der Waals surface area contributed by atoms with Gasteiger partial charge in [0.2, 0.25) is 0 Å². The number of nitrogens with zero attached hydrogens (tertiary/aromatic N) is 2. The molecule has 30 heavy (non-hydrogen) atoms. The van der Waals surface area contributed by atoms with Gasteiger partial charge in [-0.1, -0.05) is 51.1 Å². The van der Waals surface area contributed by atoms with Gasteiger partial charge in [-0.2, -0.15) is 0 Å². The lowest BCUT2D eigenvalue weighted by Gasteiger charge is -2.24. The Balaban J connectivity index is 0.00000450. The SMILES string of the molecule is CCNC(=NCC(C)(C)c1ccccc1)NCCCN1C(=O)NC(C)(CC)C1=O.I. The molecule has 7 nitrogen and oxygen atoms in total. The van der Waals surface area contributed by atoms with Gasteiger partial charge in [0.25, 0.3) is 5.91 Å². The number of halogens is 1. The van der Waals surface area contributed by atoms with Crippen LogP contribution in [0, 0.1) is 0 Å². The molecule has 2 rings (SSSR count). The van der Waals surface area contributed by atoms with Gasteiger partial charge in [0, 0.05) is 25.0 Å². The monoisotopic (exact) mass is 529 g/mol. The van der Waals surface area contributed by atoms with Crippen LogP contribution in [0.15, 0.2) is 35.3 Å². The summed E-state index contributed by atoms with van der Waals surface area (Å²) in [6.45, 7) is 12.5. The number of amides is 3. The van der Waals surface area contributed by atoms with Crippen LogP contribution in [0.3, 0.4) is 0 Å². The molecule has 1 heterocycles. The minimum atomic E-state index is -0.774. The van der Waals surface area contributed by atoms with Gasteiger partial charge in [-0.05, 0) is 32.3 Å². The number of aliphatic imine (C=N–C) groups is 1. The zero-order chi connectivity index (χ0) is 21.5. The number of hydrogen-bond donors (Lipinski definition) is 3. The van der Waals surface area contributed by atoms with Gasteiger partial charge >= 0.3 is 6.03 Å². The van der Waals surface area contributed by atoms with E-state index in [2.05, 4.69) is 41.9 Å². The summed E-state index contributed by atoms with van der Waals surface area (Å²) in [5.74, 6) is 0.599. The summed E-state index contributed by atoms with van der Waals surface area (Å²) in [7, 11) is 0. The number of benzene rings is 1. The van der Waals surface area contributed by atoms with Crippen LogP contribution in [-0.2, 0) is 10.2 Å². The standard InChI is InChI=1S/C22H35N5O2.HI/c1-6-22(5)18(28)27(20(29)26-22)15-11-14-24-19(23-7-2)25-16-21(3,4)17-12-9-8-10-13-17;/h8-10,12-13H,6-7,11,14-16H2,1-5H3,(H,26,29)(H2,23,24,25);1H. The molecular formula is C22H36IN5O2. The van der Waals surface area contributed by atoms with E-state index in [4.69, 9.17) is 4.99 Å². The van der Waals surface area contributed by atoms with Gasteiger partial charge in [-0.15, -0.1) is 24.0 Å². The molecule has 0 aliphatic carbocycles. The number of hydrogen-bond acceptors (Lipinski definition) is 3. The predicted molar refractivity (Wildman–Crippen MR) is 132 cm³/mol. The van der Waals surface area contributed by atoms with E-state index in [1.165, 1.54) is 10.5 Å². The maximum atomic E-state index is 12.4. The average molecular weight is 529 g/mol. The molecule has 8 heteroatoms. The molecule has 0 saturated carbocycles. The van der Waals surface area contributed by atoms with E-state index in [1.807, 2.05) is 32.0 Å². The van der Waals surface area contributed by atoms with E-state index in [1.54, 1.807) is 6.92 Å². The lowest BCUT2D eigenvalue weighted by atomic mass is 9.85. The highest BCUT2D eigenvalue weighted by atomic mass is 127. The van der Waals surface area contributed by atoms with E-state index in [9.17, 15) is 9.59 Å². The Morgan fingerprint density at radius 1 is 1.17 bits per heavy atom. The van der Waals surface area contributed by atoms with Crippen molar-refractivity contribution in [3.05, 3.63) is 35.9 Å². The van der Waals surface area contributed by atoms with Crippen molar-refractivity contribution >= 4 is 41.9 Å². The second-order valence-corrected chi connectivity index (χ2v) is 8.30. The molecule has 0 spiro atoms. The Morgan fingerprint density at radius 3 is 2.40 bits per heavy atom. The topological polar surface area (TPSA) is 85.8 Å². The van der Waals surface area contributed by atoms with E-state index in [0.717, 1.165) is 12.5 Å². The molecule has 0 bridgehead atoms. The van der Waals surface area contributed by atoms with Crippen LogP contribution in [0.2, 0.25) is 0 Å². The second kappa shape index (κ2) is 11.5. The Bertz CT molecular complexity index is 738. The molecule has 0 aromatic heterocycles. The summed E-state index contributed by atoms with van der Waals surface area (Å²) in [5.41, 5.74) is 0.398. The Labute approximate surface area is 197 Å². The molecule has 1 aromatic rings. The van der Waals surface area contributed by atoms with Crippen LogP contribution < -0.4 is 16.0 Å². The third-order valence-corrected chi connectivity index (χ3v) is 5.44. The molecule has 1 atom stereocenters. The summed E-state index contributed by atoms with van der Waals surface area (Å²) in [6.07, 6.45) is 1.24. The highest BCUT2D eigenvalue weighted by molar-refractivity contribution is 14.0. The first-order chi connectivity index (χ1) is 13.7. The Kier molecular flexibility index (Phi) is 10.1. The van der Waals surface area contributed by atoms with Crippen LogP contribution in [0.1, 0.15) is 53.0 Å². The lowest BCUT2D eigenvalue weighted by Crippen LogP contribution is -2.43. The first-order valence-corrected chi connectivity index (χ1v) is 10.5. The summed E-state index contributed by atoms with van der Waals surface area (Å²) in [6, 6.07) is 10.1. The van der Waals surface area contributed by atoms with Crippen molar-refractivity contribution < 1.29 is 9.59 Å². The number of urea groups is 1. The maximum Gasteiger partial charge on any atom is 0.325 e. The van der Waals surface area contributed by atoms with Gasteiger partial charge in [0.15, 0.2) is 5.96 Å². The second-order valence-electron chi connectivity index (χ2n) is 8.30. The largest absolute Gasteiger partial charge is 0.357 e. The molecule has 1 aliphatic rings. The zero-order valence-corrected chi connectivity index (χ0v) is 21.1. The van der Waals surface area contributed by atoms with Crippen molar-refractivity contribution in [3.63, 3.8) is 0 Å². The van der Waals surface area contributed by atoms with Gasteiger partial charge in [-0.3, -0.25) is 14.7 Å². The molecule has 1 fully saturated rings. The highest BCUT2D eigenvalue weighted by Gasteiger charge is 2.45. The van der Waals surface area contributed by atoms with E-state index < -0.39 is 5.54 Å². The van der Waals surface area contributed by atoms with Crippen molar-refractivity contribution in [2.45, 2.75) is 58.4 Å². The quantitative estimate of drug-likeness (QED) is 0.151. The van der Waals surface area contributed by atoms with Crippen LogP contribution in [0.4, 0.5) is 4.79 Å². The lowest BCUT2D eigenvalue weighted by molar-refractivity contribution is -0.130. The maximum absolute atomic E-state index is 12.4. The molecule has 0 radical (unpaired) electrons. The zero-order valence-electron chi connectivity index (χ0n) is 18.7. The highest BCUT2D eigenvalue weighted by Crippen LogP contribution is 2.23. The number of guanidine groups is 1. The predicted octanol–water partition coefficient (Wildman–Crippen LogP) is 3.25. The molecule has 1 aliphatic heterocycles. The van der Waals surface area contributed by atoms with Crippen LogP contribution in [-0.4, -0.2) is 54.5 Å². The molecule has 168 valence electrons. The molecule has 1 saturated heterocycles. The molecule has 1 unspecified atom stereocenters. The van der Waals surface area contributed by atoms with Gasteiger partial charge in [0.05, 0.1) is 6.54 Å². The summed E-state index contributed by atoms with van der Waals surface area (Å²) >= 11 is 0. The van der Waals surface area contributed by atoms with E-state index in [0.29, 0.717) is 32.5 Å². The minimum absolute atomic E-state index is 0. The summed E-state index contributed by atoms with van der Waals surface area (Å²) in [5, 5.41) is 9.34. The molecule has 1 aromatic carbocycles. The van der Waals surface area contributed by atoms with Crippen molar-refractivity contribution in [2.24, 2.45) is 4.99 Å². The third-order valence-electron chi connectivity index (χ3n) is 5.44. The van der Waals surface area contributed by atoms with Crippen LogP contribution in [0.5, 0.6) is 0 Å². The van der Waals surface area contributed by atoms with Gasteiger partial charge in [-0.25, -0.2) is 4.79 Å². The number of carbonyl (C=O) groups excluding carboxylic acids is 2. The summed E-state index contributed by atoms with van der Waals surface area (Å²) in [4.78, 5) is 30.6. The molecular weight excluding hydrogens is 493 g/mol. The van der Waals surface area contributed by atoms with E-state index in [-0.39, 0.29) is 41.3 Å². The fourth-order valence-corrected chi connectivity index (χ4v) is 3.23. The fraction of sp³-hybridized carbons (Fsp3) is 0.591. The fourth-order valence-electron chi connectivity index (χ4n) is 3.23. The van der Waals surface area contributed by atoms with Crippen LogP contribution >= 0.6 is 24.0 Å². The Hall–Kier alpha value is -1.84. The normalized spacial score (nSPS) is 19.4. The first kappa shape index (κ1) is 26.2. The van der Waals surface area contributed by atoms with Crippen molar-refractivity contribution in [1.29, 1.82) is 0 Å². The first-order valence-electron chi connectivity index (χ1n) is 10.5. The average Bonchev–Trinajstić information content (AvgIpc) is 2.93. The molecule has 3 N–H and O–H groups in total. The van der Waals surface area contributed by atoms with Gasteiger partial charge in [0.1, 0.15) is 5.54 Å². The smallest absolute Gasteiger partial charge is 0.325 e. The number of rotatable bonds is 9.